The van der Waals surface area contributed by atoms with Gasteiger partial charge in [0.1, 0.15) is 12.2 Å². The number of carbonyl (C=O) groups is 1. The van der Waals surface area contributed by atoms with Gasteiger partial charge in [-0.3, -0.25) is 4.79 Å². The molecule has 0 aliphatic heterocycles. The van der Waals surface area contributed by atoms with Crippen LogP contribution in [0.25, 0.3) is 22.4 Å². The van der Waals surface area contributed by atoms with Crippen LogP contribution in [0.5, 0.6) is 0 Å². The Balaban J connectivity index is 2.20. The normalized spacial score (nSPS) is 10.5. The van der Waals surface area contributed by atoms with E-state index in [-0.39, 0.29) is 18.8 Å². The molecule has 1 heterocycles. The summed E-state index contributed by atoms with van der Waals surface area (Å²) in [5, 5.41) is 6.61. The number of nitrogens with zero attached hydrogens (tertiary/aromatic N) is 1. The molecule has 0 spiro atoms. The van der Waals surface area contributed by atoms with Gasteiger partial charge in [0, 0.05) is 18.2 Å². The number of aromatic amines is 1. The van der Waals surface area contributed by atoms with E-state index in [0.717, 1.165) is 5.56 Å². The summed E-state index contributed by atoms with van der Waals surface area (Å²) in [6.07, 6.45) is 0. The monoisotopic (exact) mass is 350 g/mol. The quantitative estimate of drug-likeness (QED) is 0.546. The van der Waals surface area contributed by atoms with Crippen molar-refractivity contribution in [3.8, 4) is 22.4 Å². The third-order valence-corrected chi connectivity index (χ3v) is 3.82. The first-order valence-corrected chi connectivity index (χ1v) is 8.12. The lowest BCUT2D eigenvalue weighted by molar-refractivity contribution is 0.0387. The van der Waals surface area contributed by atoms with Crippen molar-refractivity contribution in [3.05, 3.63) is 76.6 Å². The Kier molecular flexibility index (Phi) is 5.56. The number of benzene rings is 2. The number of H-pyrrole nitrogens is 1. The van der Waals surface area contributed by atoms with Gasteiger partial charge >= 0.3 is 5.97 Å². The van der Waals surface area contributed by atoms with Crippen LogP contribution in [0.4, 0.5) is 0 Å². The molecule has 132 valence electrons. The second-order valence-corrected chi connectivity index (χ2v) is 5.51. The van der Waals surface area contributed by atoms with Crippen LogP contribution >= 0.6 is 0 Å². The summed E-state index contributed by atoms with van der Waals surface area (Å²) in [4.78, 5) is 25.0. The SMILES string of the molecule is COCCOC(=O)c1c(-c2ccccc2)c(-c2ccccc2)n[nH]c1=O. The molecule has 0 fully saturated rings. The Bertz CT molecular complexity index is 937. The maximum atomic E-state index is 12.6. The van der Waals surface area contributed by atoms with E-state index in [9.17, 15) is 9.59 Å². The second kappa shape index (κ2) is 8.22. The van der Waals surface area contributed by atoms with Gasteiger partial charge in [-0.1, -0.05) is 60.7 Å². The van der Waals surface area contributed by atoms with E-state index in [2.05, 4.69) is 10.2 Å². The van der Waals surface area contributed by atoms with Gasteiger partial charge in [-0.15, -0.1) is 0 Å². The van der Waals surface area contributed by atoms with Gasteiger partial charge in [-0.05, 0) is 5.56 Å². The van der Waals surface area contributed by atoms with Crippen LogP contribution in [-0.4, -0.2) is 36.5 Å². The molecule has 0 saturated heterocycles. The average molecular weight is 350 g/mol. The molecule has 3 rings (SSSR count). The molecule has 3 aromatic rings. The third kappa shape index (κ3) is 3.70. The van der Waals surface area contributed by atoms with E-state index in [1.807, 2.05) is 60.7 Å². The molecule has 0 amide bonds. The minimum absolute atomic E-state index is 0.0615. The Morgan fingerprint density at radius 2 is 1.58 bits per heavy atom. The molecule has 1 aromatic heterocycles. The highest BCUT2D eigenvalue weighted by Crippen LogP contribution is 2.31. The summed E-state index contributed by atoms with van der Waals surface area (Å²) in [6, 6.07) is 18.6. The van der Waals surface area contributed by atoms with Crippen molar-refractivity contribution in [2.45, 2.75) is 0 Å². The standard InChI is InChI=1S/C20H18N2O4/c1-25-12-13-26-20(24)17-16(14-8-4-2-5-9-14)18(21-22-19(17)23)15-10-6-3-7-11-15/h2-11H,12-13H2,1H3,(H,22,23). The van der Waals surface area contributed by atoms with E-state index in [1.165, 1.54) is 7.11 Å². The first kappa shape index (κ1) is 17.6. The molecule has 0 aliphatic rings. The Hall–Kier alpha value is -3.25. The predicted molar refractivity (Wildman–Crippen MR) is 97.9 cm³/mol. The maximum absolute atomic E-state index is 12.6. The zero-order chi connectivity index (χ0) is 18.4. The van der Waals surface area contributed by atoms with Crippen LogP contribution in [-0.2, 0) is 9.47 Å². The number of carbonyl (C=O) groups excluding carboxylic acids is 1. The summed E-state index contributed by atoms with van der Waals surface area (Å²) >= 11 is 0. The van der Waals surface area contributed by atoms with E-state index in [0.29, 0.717) is 16.8 Å². The highest BCUT2D eigenvalue weighted by Gasteiger charge is 2.23. The van der Waals surface area contributed by atoms with Crippen LogP contribution in [0.1, 0.15) is 10.4 Å². The smallest absolute Gasteiger partial charge is 0.344 e. The van der Waals surface area contributed by atoms with E-state index >= 15 is 0 Å². The molecular weight excluding hydrogens is 332 g/mol. The Labute approximate surface area is 150 Å². The predicted octanol–water partition coefficient (Wildman–Crippen LogP) is 2.91. The highest BCUT2D eigenvalue weighted by atomic mass is 16.6. The molecule has 6 nitrogen and oxygen atoms in total. The molecular formula is C20H18N2O4. The van der Waals surface area contributed by atoms with Crippen molar-refractivity contribution in [3.63, 3.8) is 0 Å². The minimum Gasteiger partial charge on any atom is -0.459 e. The number of rotatable bonds is 6. The molecule has 0 aliphatic carbocycles. The topological polar surface area (TPSA) is 81.3 Å². The van der Waals surface area contributed by atoms with E-state index in [1.54, 1.807) is 0 Å². The molecule has 0 bridgehead atoms. The largest absolute Gasteiger partial charge is 0.459 e. The fourth-order valence-electron chi connectivity index (χ4n) is 2.63. The van der Waals surface area contributed by atoms with Crippen LogP contribution in [0.15, 0.2) is 65.5 Å². The van der Waals surface area contributed by atoms with Crippen molar-refractivity contribution in [2.24, 2.45) is 0 Å². The summed E-state index contributed by atoms with van der Waals surface area (Å²) in [5.41, 5.74) is 1.79. The van der Waals surface area contributed by atoms with Gasteiger partial charge in [-0.25, -0.2) is 9.89 Å². The summed E-state index contributed by atoms with van der Waals surface area (Å²) < 4.78 is 10.1. The lowest BCUT2D eigenvalue weighted by Crippen LogP contribution is -2.24. The number of hydrogen-bond donors (Lipinski definition) is 1. The Morgan fingerprint density at radius 3 is 2.19 bits per heavy atom. The fraction of sp³-hybridized carbons (Fsp3) is 0.150. The number of aromatic nitrogens is 2. The summed E-state index contributed by atoms with van der Waals surface area (Å²) in [7, 11) is 1.51. The van der Waals surface area contributed by atoms with Crippen LogP contribution in [0, 0.1) is 0 Å². The van der Waals surface area contributed by atoms with Crippen molar-refractivity contribution in [1.29, 1.82) is 0 Å². The molecule has 2 aromatic carbocycles. The number of methoxy groups -OCH3 is 1. The fourth-order valence-corrected chi connectivity index (χ4v) is 2.63. The van der Waals surface area contributed by atoms with Gasteiger partial charge in [0.2, 0.25) is 0 Å². The van der Waals surface area contributed by atoms with Crippen molar-refractivity contribution < 1.29 is 14.3 Å². The van der Waals surface area contributed by atoms with Crippen molar-refractivity contribution in [1.82, 2.24) is 10.2 Å². The number of hydrogen-bond acceptors (Lipinski definition) is 5. The minimum atomic E-state index is -0.707. The lowest BCUT2D eigenvalue weighted by atomic mass is 9.95. The first-order valence-electron chi connectivity index (χ1n) is 8.12. The van der Waals surface area contributed by atoms with Crippen LogP contribution < -0.4 is 5.56 Å². The van der Waals surface area contributed by atoms with Crippen LogP contribution in [0.2, 0.25) is 0 Å². The first-order chi connectivity index (χ1) is 12.7. The van der Waals surface area contributed by atoms with Gasteiger partial charge in [-0.2, -0.15) is 5.10 Å². The summed E-state index contributed by atoms with van der Waals surface area (Å²) in [6.45, 7) is 0.312. The lowest BCUT2D eigenvalue weighted by Gasteiger charge is -2.13. The zero-order valence-electron chi connectivity index (χ0n) is 14.3. The second-order valence-electron chi connectivity index (χ2n) is 5.51. The number of nitrogens with one attached hydrogen (secondary N) is 1. The van der Waals surface area contributed by atoms with Gasteiger partial charge < -0.3 is 9.47 Å². The molecule has 0 unspecified atom stereocenters. The highest BCUT2D eigenvalue weighted by molar-refractivity contribution is 6.00. The van der Waals surface area contributed by atoms with Crippen LogP contribution in [0.3, 0.4) is 0 Å². The molecule has 0 radical (unpaired) electrons. The molecule has 26 heavy (non-hydrogen) atoms. The molecule has 0 saturated carbocycles. The van der Waals surface area contributed by atoms with Gasteiger partial charge in [0.25, 0.3) is 5.56 Å². The van der Waals surface area contributed by atoms with Gasteiger partial charge in [0.15, 0.2) is 0 Å². The summed E-state index contributed by atoms with van der Waals surface area (Å²) in [5.74, 6) is -0.707. The Morgan fingerprint density at radius 1 is 0.962 bits per heavy atom. The van der Waals surface area contributed by atoms with Crippen molar-refractivity contribution in [2.75, 3.05) is 20.3 Å². The zero-order valence-corrected chi connectivity index (χ0v) is 14.3. The molecule has 6 heteroatoms. The molecule has 1 N–H and O–H groups in total. The van der Waals surface area contributed by atoms with E-state index < -0.39 is 11.5 Å². The average Bonchev–Trinajstić information content (AvgIpc) is 2.69. The third-order valence-electron chi connectivity index (χ3n) is 3.82. The maximum Gasteiger partial charge on any atom is 0.344 e. The van der Waals surface area contributed by atoms with Crippen molar-refractivity contribution >= 4 is 5.97 Å². The molecule has 0 atom stereocenters. The van der Waals surface area contributed by atoms with E-state index in [4.69, 9.17) is 9.47 Å². The number of esters is 1. The van der Waals surface area contributed by atoms with Gasteiger partial charge in [0.05, 0.1) is 12.3 Å². The number of ether oxygens (including phenoxy) is 2.